The van der Waals surface area contributed by atoms with Crippen LogP contribution in [0.3, 0.4) is 0 Å². The molecule has 2 aromatic carbocycles. The van der Waals surface area contributed by atoms with Crippen molar-refractivity contribution in [2.75, 3.05) is 10.2 Å². The SMILES string of the molecule is O=C1CCCC2=C1C(c1cccs1)N(Cc1ccccc1F)c1ccccc1N2. The molecule has 3 nitrogen and oxygen atoms in total. The molecule has 2 aliphatic rings. The van der Waals surface area contributed by atoms with Crippen molar-refractivity contribution in [2.45, 2.75) is 31.8 Å². The van der Waals surface area contributed by atoms with Gasteiger partial charge < -0.3 is 10.2 Å². The number of hydrogen-bond donors (Lipinski definition) is 1. The maximum atomic E-state index is 14.6. The molecule has 29 heavy (non-hydrogen) atoms. The van der Waals surface area contributed by atoms with E-state index in [1.807, 2.05) is 47.8 Å². The summed E-state index contributed by atoms with van der Waals surface area (Å²) >= 11 is 1.64. The number of thiophene rings is 1. The number of allylic oxidation sites excluding steroid dienone is 1. The minimum absolute atomic E-state index is 0.184. The first-order chi connectivity index (χ1) is 14.2. The van der Waals surface area contributed by atoms with Crippen molar-refractivity contribution >= 4 is 28.5 Å². The maximum Gasteiger partial charge on any atom is 0.163 e. The van der Waals surface area contributed by atoms with E-state index in [0.717, 1.165) is 40.4 Å². The van der Waals surface area contributed by atoms with Gasteiger partial charge in [-0.15, -0.1) is 11.3 Å². The Hall–Kier alpha value is -2.92. The highest BCUT2D eigenvalue weighted by Gasteiger charge is 2.37. The third-order valence-corrected chi connectivity index (χ3v) is 6.58. The Labute approximate surface area is 173 Å². The van der Waals surface area contributed by atoms with Gasteiger partial charge in [0.25, 0.3) is 0 Å². The van der Waals surface area contributed by atoms with Crippen LogP contribution in [-0.2, 0) is 11.3 Å². The second-order valence-electron chi connectivity index (χ2n) is 7.45. The topological polar surface area (TPSA) is 32.3 Å². The normalized spacial score (nSPS) is 18.7. The highest BCUT2D eigenvalue weighted by molar-refractivity contribution is 7.10. The lowest BCUT2D eigenvalue weighted by Gasteiger charge is -2.34. The average Bonchev–Trinajstić information content (AvgIpc) is 3.21. The summed E-state index contributed by atoms with van der Waals surface area (Å²) in [6.45, 7) is 0.387. The lowest BCUT2D eigenvalue weighted by atomic mass is 9.88. The van der Waals surface area contributed by atoms with Crippen LogP contribution in [0.5, 0.6) is 0 Å². The van der Waals surface area contributed by atoms with Gasteiger partial charge in [-0.2, -0.15) is 0 Å². The molecule has 0 fully saturated rings. The van der Waals surface area contributed by atoms with Crippen molar-refractivity contribution in [3.8, 4) is 0 Å². The lowest BCUT2D eigenvalue weighted by molar-refractivity contribution is -0.116. The van der Waals surface area contributed by atoms with Crippen LogP contribution in [0.25, 0.3) is 0 Å². The zero-order valence-electron chi connectivity index (χ0n) is 15.9. The lowest BCUT2D eigenvalue weighted by Crippen LogP contribution is -2.32. The standard InChI is InChI=1S/C24H21FN2OS/c25-17-8-2-1-7-16(17)15-27-20-11-4-3-9-18(20)26-19-10-5-12-21(28)23(19)24(27)22-13-6-14-29-22/h1-4,6-9,11,13-14,24,26H,5,10,12,15H2. The summed E-state index contributed by atoms with van der Waals surface area (Å²) in [4.78, 5) is 16.4. The maximum absolute atomic E-state index is 14.6. The van der Waals surface area contributed by atoms with Gasteiger partial charge in [0.05, 0.1) is 17.4 Å². The number of halogens is 1. The molecule has 5 rings (SSSR count). The third kappa shape index (κ3) is 3.25. The average molecular weight is 405 g/mol. The molecule has 0 bridgehead atoms. The Kier molecular flexibility index (Phi) is 4.68. The van der Waals surface area contributed by atoms with Crippen molar-refractivity contribution < 1.29 is 9.18 Å². The van der Waals surface area contributed by atoms with Gasteiger partial charge in [-0.1, -0.05) is 36.4 Å². The van der Waals surface area contributed by atoms with E-state index in [-0.39, 0.29) is 17.6 Å². The molecule has 5 heteroatoms. The number of nitrogens with zero attached hydrogens (tertiary/aromatic N) is 1. The van der Waals surface area contributed by atoms with E-state index in [9.17, 15) is 9.18 Å². The Morgan fingerprint density at radius 2 is 1.86 bits per heavy atom. The number of benzene rings is 2. The van der Waals surface area contributed by atoms with Crippen LogP contribution in [0.15, 0.2) is 77.3 Å². The number of rotatable bonds is 3. The predicted molar refractivity (Wildman–Crippen MR) is 116 cm³/mol. The zero-order chi connectivity index (χ0) is 19.8. The van der Waals surface area contributed by atoms with E-state index < -0.39 is 0 Å². The van der Waals surface area contributed by atoms with Gasteiger partial charge >= 0.3 is 0 Å². The molecule has 2 heterocycles. The summed E-state index contributed by atoms with van der Waals surface area (Å²) in [6.07, 6.45) is 2.27. The van der Waals surface area contributed by atoms with Crippen LogP contribution < -0.4 is 10.2 Å². The zero-order valence-corrected chi connectivity index (χ0v) is 16.7. The smallest absolute Gasteiger partial charge is 0.163 e. The molecule has 1 aliphatic heterocycles. The van der Waals surface area contributed by atoms with Gasteiger partial charge in [-0.05, 0) is 42.5 Å². The van der Waals surface area contributed by atoms with Gasteiger partial charge in [-0.25, -0.2) is 4.39 Å². The fourth-order valence-corrected chi connectivity index (χ4v) is 5.17. The minimum atomic E-state index is -0.228. The number of carbonyl (C=O) groups excluding carboxylic acids is 1. The molecule has 1 aromatic heterocycles. The minimum Gasteiger partial charge on any atom is -0.357 e. The fraction of sp³-hybridized carbons (Fsp3) is 0.208. The quantitative estimate of drug-likeness (QED) is 0.575. The van der Waals surface area contributed by atoms with Crippen molar-refractivity contribution in [3.63, 3.8) is 0 Å². The summed E-state index contributed by atoms with van der Waals surface area (Å²) in [5.74, 6) is -0.0419. The first-order valence-corrected chi connectivity index (χ1v) is 10.8. The largest absolute Gasteiger partial charge is 0.357 e. The molecule has 0 saturated carbocycles. The highest BCUT2D eigenvalue weighted by atomic mass is 32.1. The predicted octanol–water partition coefficient (Wildman–Crippen LogP) is 6.07. The number of anilines is 2. The van der Waals surface area contributed by atoms with Crippen LogP contribution in [0.1, 0.15) is 35.7 Å². The number of para-hydroxylation sites is 2. The van der Waals surface area contributed by atoms with Gasteiger partial charge in [0, 0.05) is 34.7 Å². The van der Waals surface area contributed by atoms with Crippen LogP contribution in [-0.4, -0.2) is 5.78 Å². The van der Waals surface area contributed by atoms with Gasteiger partial charge in [0.15, 0.2) is 5.78 Å². The van der Waals surface area contributed by atoms with Crippen LogP contribution in [0.2, 0.25) is 0 Å². The number of fused-ring (bicyclic) bond motifs is 1. The monoisotopic (exact) mass is 404 g/mol. The number of hydrogen-bond acceptors (Lipinski definition) is 4. The molecule has 3 aromatic rings. The summed E-state index contributed by atoms with van der Waals surface area (Å²) in [5, 5.41) is 5.58. The molecular weight excluding hydrogens is 383 g/mol. The van der Waals surface area contributed by atoms with E-state index >= 15 is 0 Å². The first-order valence-electron chi connectivity index (χ1n) is 9.88. The molecule has 1 aliphatic carbocycles. The Morgan fingerprint density at radius 1 is 1.03 bits per heavy atom. The van der Waals surface area contributed by atoms with Gasteiger partial charge in [0.1, 0.15) is 5.82 Å². The van der Waals surface area contributed by atoms with Crippen LogP contribution in [0.4, 0.5) is 15.8 Å². The summed E-state index contributed by atoms with van der Waals surface area (Å²) in [6, 6.07) is 18.8. The molecule has 1 N–H and O–H groups in total. The fourth-order valence-electron chi connectivity index (χ4n) is 4.33. The first kappa shape index (κ1) is 18.1. The Morgan fingerprint density at radius 3 is 2.69 bits per heavy atom. The molecule has 0 amide bonds. The number of ketones is 1. The van der Waals surface area contributed by atoms with Gasteiger partial charge in [0.2, 0.25) is 0 Å². The second-order valence-corrected chi connectivity index (χ2v) is 8.43. The summed E-state index contributed by atoms with van der Waals surface area (Å²) < 4.78 is 14.6. The number of Topliss-reactive ketones (excluding diaryl/α,β-unsaturated/α-hetero) is 1. The second kappa shape index (κ2) is 7.48. The molecule has 0 saturated heterocycles. The third-order valence-electron chi connectivity index (χ3n) is 5.65. The van der Waals surface area contributed by atoms with Crippen LogP contribution in [0, 0.1) is 5.82 Å². The molecule has 1 unspecified atom stereocenters. The number of nitrogens with one attached hydrogen (secondary N) is 1. The van der Waals surface area contributed by atoms with Crippen molar-refractivity contribution in [1.82, 2.24) is 0 Å². The molecular formula is C24H21FN2OS. The van der Waals surface area contributed by atoms with Crippen molar-refractivity contribution in [2.24, 2.45) is 0 Å². The van der Waals surface area contributed by atoms with E-state index in [1.165, 1.54) is 6.07 Å². The summed E-state index contributed by atoms with van der Waals surface area (Å²) in [5.41, 5.74) is 4.40. The highest BCUT2D eigenvalue weighted by Crippen LogP contribution is 2.46. The van der Waals surface area contributed by atoms with E-state index in [2.05, 4.69) is 16.3 Å². The molecule has 146 valence electrons. The van der Waals surface area contributed by atoms with Crippen molar-refractivity contribution in [3.05, 3.63) is 93.6 Å². The van der Waals surface area contributed by atoms with E-state index in [1.54, 1.807) is 17.4 Å². The van der Waals surface area contributed by atoms with Crippen molar-refractivity contribution in [1.29, 1.82) is 0 Å². The van der Waals surface area contributed by atoms with Crippen LogP contribution >= 0.6 is 11.3 Å². The van der Waals surface area contributed by atoms with E-state index in [0.29, 0.717) is 18.5 Å². The van der Waals surface area contributed by atoms with Gasteiger partial charge in [-0.3, -0.25) is 4.79 Å². The van der Waals surface area contributed by atoms with E-state index in [4.69, 9.17) is 0 Å². The number of carbonyl (C=O) groups is 1. The Balaban J connectivity index is 1.73. The molecule has 0 radical (unpaired) electrons. The molecule has 0 spiro atoms. The Bertz CT molecular complexity index is 1090. The molecule has 1 atom stereocenters. The summed E-state index contributed by atoms with van der Waals surface area (Å²) in [7, 11) is 0.